The van der Waals surface area contributed by atoms with E-state index in [4.69, 9.17) is 8.85 Å². The lowest BCUT2D eigenvalue weighted by Gasteiger charge is -2.17. The average Bonchev–Trinajstić information content (AvgIpc) is 2.24. The molecule has 0 aliphatic rings. The fourth-order valence-corrected chi connectivity index (χ4v) is 3.10. The van der Waals surface area contributed by atoms with Gasteiger partial charge in [-0.15, -0.1) is 11.8 Å². The van der Waals surface area contributed by atoms with Crippen LogP contribution in [0.3, 0.4) is 0 Å². The van der Waals surface area contributed by atoms with Crippen LogP contribution in [0.15, 0.2) is 0 Å². The molecule has 0 aromatic rings. The number of rotatable bonds is 4. The van der Waals surface area contributed by atoms with Crippen LogP contribution < -0.4 is 0 Å². The Kier molecular flexibility index (Phi) is 8.13. The van der Waals surface area contributed by atoms with Crippen LogP contribution in [0.5, 0.6) is 0 Å². The van der Waals surface area contributed by atoms with Gasteiger partial charge in [-0.1, -0.05) is 24.9 Å². The van der Waals surface area contributed by atoms with Crippen molar-refractivity contribution in [3.8, 4) is 22.9 Å². The molecule has 0 saturated carbocycles. The number of hydrogen-bond acceptors (Lipinski definition) is 2. The molecule has 2 nitrogen and oxygen atoms in total. The molecule has 3 heteroatoms. The second-order valence-electron chi connectivity index (χ2n) is 2.79. The highest BCUT2D eigenvalue weighted by Gasteiger charge is 2.34. The zero-order valence-corrected chi connectivity index (χ0v) is 11.1. The molecule has 0 spiro atoms. The van der Waals surface area contributed by atoms with Crippen molar-refractivity contribution in [2.45, 2.75) is 40.5 Å². The topological polar surface area (TPSA) is 18.5 Å². The third-order valence-electron chi connectivity index (χ3n) is 1.55. The largest absolute Gasteiger partial charge is 0.510 e. The molecule has 0 heterocycles. The van der Waals surface area contributed by atoms with Crippen molar-refractivity contribution in [3.05, 3.63) is 0 Å². The lowest BCUT2D eigenvalue weighted by Crippen LogP contribution is -2.40. The summed E-state index contributed by atoms with van der Waals surface area (Å²) in [4.78, 5) is 0. The Morgan fingerprint density at radius 3 is 1.47 bits per heavy atom. The predicted molar refractivity (Wildman–Crippen MR) is 65.1 cm³/mol. The van der Waals surface area contributed by atoms with Gasteiger partial charge in [0.05, 0.1) is 0 Å². The molecule has 0 atom stereocenters. The van der Waals surface area contributed by atoms with E-state index in [1.165, 1.54) is 0 Å². The van der Waals surface area contributed by atoms with Gasteiger partial charge in [-0.05, 0) is 13.8 Å². The monoisotopic (exact) mass is 224 g/mol. The first-order chi connectivity index (χ1) is 7.24. The third kappa shape index (κ3) is 5.64. The van der Waals surface area contributed by atoms with Gasteiger partial charge in [0.25, 0.3) is 0 Å². The van der Waals surface area contributed by atoms with Crippen LogP contribution in [0.1, 0.15) is 40.5 Å². The van der Waals surface area contributed by atoms with Crippen LogP contribution in [-0.4, -0.2) is 21.8 Å². The molecule has 0 saturated heterocycles. The summed E-state index contributed by atoms with van der Waals surface area (Å²) in [5, 5.41) is 0. The first-order valence-electron chi connectivity index (χ1n) is 5.52. The van der Waals surface area contributed by atoms with E-state index in [-0.39, 0.29) is 0 Å². The van der Waals surface area contributed by atoms with Crippen molar-refractivity contribution in [2.75, 3.05) is 13.2 Å². The molecule has 0 aliphatic carbocycles. The molecule has 0 N–H and O–H groups in total. The molecule has 0 fully saturated rings. The summed E-state index contributed by atoms with van der Waals surface area (Å²) >= 11 is 0. The van der Waals surface area contributed by atoms with E-state index in [2.05, 4.69) is 22.9 Å². The molecule has 0 aliphatic heterocycles. The first kappa shape index (κ1) is 14.3. The van der Waals surface area contributed by atoms with Gasteiger partial charge in [0.15, 0.2) is 0 Å². The third-order valence-corrected chi connectivity index (χ3v) is 3.96. The lowest BCUT2D eigenvalue weighted by atomic mass is 10.5. The van der Waals surface area contributed by atoms with Gasteiger partial charge in [0.2, 0.25) is 0 Å². The molecular weight excluding hydrogens is 204 g/mol. The summed E-state index contributed by atoms with van der Waals surface area (Å²) in [5.41, 5.74) is 6.18. The summed E-state index contributed by atoms with van der Waals surface area (Å²) in [6.45, 7) is 9.12. The Labute approximate surface area is 94.6 Å². The van der Waals surface area contributed by atoms with Crippen LogP contribution >= 0.6 is 0 Å². The lowest BCUT2D eigenvalue weighted by molar-refractivity contribution is 0.210. The molecule has 0 rings (SSSR count). The van der Waals surface area contributed by atoms with Gasteiger partial charge in [0, 0.05) is 26.1 Å². The maximum absolute atomic E-state index is 5.64. The minimum atomic E-state index is -2.56. The molecule has 0 radical (unpaired) electrons. The molecule has 84 valence electrons. The number of hydrogen-bond donors (Lipinski definition) is 0. The van der Waals surface area contributed by atoms with Crippen LogP contribution in [0.25, 0.3) is 0 Å². The SMILES string of the molecule is CCC#C[Si](C#CCC)(OCC)OCC. The standard InChI is InChI=1S/C12H20O2Si/c1-5-9-11-15(13-7-3,14-8-4)12-10-6-2/h5-8H2,1-4H3. The molecular formula is C12H20O2Si. The highest BCUT2D eigenvalue weighted by molar-refractivity contribution is 6.83. The Balaban J connectivity index is 4.87. The second-order valence-corrected chi connectivity index (χ2v) is 5.10. The molecule has 0 amide bonds. The fraction of sp³-hybridized carbons (Fsp3) is 0.667. The van der Waals surface area contributed by atoms with Crippen molar-refractivity contribution in [3.63, 3.8) is 0 Å². The van der Waals surface area contributed by atoms with E-state index >= 15 is 0 Å². The van der Waals surface area contributed by atoms with Crippen LogP contribution in [0, 0.1) is 22.9 Å². The smallest absolute Gasteiger partial charge is 0.376 e. The van der Waals surface area contributed by atoms with Crippen LogP contribution in [-0.2, 0) is 8.85 Å². The molecule has 15 heavy (non-hydrogen) atoms. The maximum Gasteiger partial charge on any atom is 0.510 e. The van der Waals surface area contributed by atoms with Gasteiger partial charge in [-0.2, -0.15) is 0 Å². The maximum atomic E-state index is 5.64. The average molecular weight is 224 g/mol. The second kappa shape index (κ2) is 8.56. The van der Waals surface area contributed by atoms with E-state index in [1.807, 2.05) is 27.7 Å². The summed E-state index contributed by atoms with van der Waals surface area (Å²) in [6.07, 6.45) is 1.62. The van der Waals surface area contributed by atoms with Crippen molar-refractivity contribution in [1.82, 2.24) is 0 Å². The van der Waals surface area contributed by atoms with E-state index in [1.54, 1.807) is 0 Å². The Hall–Kier alpha value is -0.743. The van der Waals surface area contributed by atoms with Gasteiger partial charge in [-0.3, -0.25) is 0 Å². The Morgan fingerprint density at radius 2 is 1.20 bits per heavy atom. The molecule has 0 aromatic carbocycles. The minimum absolute atomic E-state index is 0.600. The minimum Gasteiger partial charge on any atom is -0.376 e. The highest BCUT2D eigenvalue weighted by Crippen LogP contribution is 2.05. The zero-order chi connectivity index (χ0) is 11.6. The van der Waals surface area contributed by atoms with Gasteiger partial charge in [-0.25, -0.2) is 0 Å². The summed E-state index contributed by atoms with van der Waals surface area (Å²) in [7, 11) is -2.56. The summed E-state index contributed by atoms with van der Waals surface area (Å²) < 4.78 is 11.3. The first-order valence-corrected chi connectivity index (χ1v) is 7.34. The van der Waals surface area contributed by atoms with Crippen molar-refractivity contribution < 1.29 is 8.85 Å². The van der Waals surface area contributed by atoms with E-state index in [0.29, 0.717) is 13.2 Å². The predicted octanol–water partition coefficient (Wildman–Crippen LogP) is 2.41. The van der Waals surface area contributed by atoms with Gasteiger partial charge >= 0.3 is 8.56 Å². The van der Waals surface area contributed by atoms with E-state index in [0.717, 1.165) is 12.8 Å². The van der Waals surface area contributed by atoms with E-state index < -0.39 is 8.56 Å². The van der Waals surface area contributed by atoms with Gasteiger partial charge in [0.1, 0.15) is 0 Å². The summed E-state index contributed by atoms with van der Waals surface area (Å²) in [5.74, 6) is 6.05. The van der Waals surface area contributed by atoms with Crippen LogP contribution in [0.2, 0.25) is 0 Å². The fourth-order valence-electron chi connectivity index (χ4n) is 1.03. The van der Waals surface area contributed by atoms with Gasteiger partial charge < -0.3 is 8.85 Å². The van der Waals surface area contributed by atoms with Crippen molar-refractivity contribution >= 4 is 8.56 Å². The zero-order valence-electron chi connectivity index (χ0n) is 10.1. The quantitative estimate of drug-likeness (QED) is 0.539. The normalized spacial score (nSPS) is 9.87. The Bertz CT molecular complexity index is 247. The summed E-state index contributed by atoms with van der Waals surface area (Å²) in [6, 6.07) is 0. The molecule has 0 unspecified atom stereocenters. The Morgan fingerprint density at radius 1 is 0.800 bits per heavy atom. The molecule has 0 aromatic heterocycles. The van der Waals surface area contributed by atoms with Crippen molar-refractivity contribution in [2.24, 2.45) is 0 Å². The van der Waals surface area contributed by atoms with Crippen LogP contribution in [0.4, 0.5) is 0 Å². The van der Waals surface area contributed by atoms with E-state index in [9.17, 15) is 0 Å². The van der Waals surface area contributed by atoms with Crippen molar-refractivity contribution in [1.29, 1.82) is 0 Å². The highest BCUT2D eigenvalue weighted by atomic mass is 28.4. The molecule has 0 bridgehead atoms.